The highest BCUT2D eigenvalue weighted by Gasteiger charge is 2.34. The molecular formula is C20H32N4O. The first-order valence-corrected chi connectivity index (χ1v) is 9.31. The predicted molar refractivity (Wildman–Crippen MR) is 104 cm³/mol. The maximum absolute atomic E-state index is 11.8. The Hall–Kier alpha value is -2.04. The monoisotopic (exact) mass is 344 g/mol. The number of amides is 1. The van der Waals surface area contributed by atoms with Gasteiger partial charge in [-0.1, -0.05) is 43.7 Å². The second-order valence-corrected chi connectivity index (χ2v) is 7.18. The third-order valence-electron chi connectivity index (χ3n) is 5.22. The van der Waals surface area contributed by atoms with Gasteiger partial charge in [0.25, 0.3) is 0 Å². The first-order chi connectivity index (χ1) is 12.0. The van der Waals surface area contributed by atoms with Gasteiger partial charge in [0.1, 0.15) is 6.54 Å². The van der Waals surface area contributed by atoms with E-state index in [9.17, 15) is 4.79 Å². The summed E-state index contributed by atoms with van der Waals surface area (Å²) >= 11 is 0. The minimum absolute atomic E-state index is 0.0120. The standard InChI is InChI=1S/C20H32N4O/c1-4-20(12-8-13-20)16-23-19(22-15-18(25)24(2)3)21-14-11-17-9-6-5-7-10-17/h5-7,9-10H,4,8,11-16H2,1-3H3,(H2,21,22,23). The van der Waals surface area contributed by atoms with Crippen molar-refractivity contribution in [3.63, 3.8) is 0 Å². The summed E-state index contributed by atoms with van der Waals surface area (Å²) in [6.07, 6.45) is 6.01. The number of nitrogens with zero attached hydrogens (tertiary/aromatic N) is 2. The van der Waals surface area contributed by atoms with Gasteiger partial charge in [0.15, 0.2) is 5.96 Å². The van der Waals surface area contributed by atoms with Crippen LogP contribution in [0.15, 0.2) is 35.3 Å². The number of aliphatic imine (C=N–C) groups is 1. The number of likely N-dealkylation sites (N-methyl/N-ethyl adjacent to an activating group) is 1. The van der Waals surface area contributed by atoms with Crippen molar-refractivity contribution in [1.82, 2.24) is 15.5 Å². The van der Waals surface area contributed by atoms with Crippen LogP contribution in [0, 0.1) is 5.41 Å². The van der Waals surface area contributed by atoms with Crippen molar-refractivity contribution in [3.8, 4) is 0 Å². The summed E-state index contributed by atoms with van der Waals surface area (Å²) in [6.45, 7) is 4.16. The molecule has 1 aromatic carbocycles. The van der Waals surface area contributed by atoms with Crippen molar-refractivity contribution in [3.05, 3.63) is 35.9 Å². The first kappa shape index (κ1) is 19.3. The lowest BCUT2D eigenvalue weighted by molar-refractivity contribution is -0.127. The minimum Gasteiger partial charge on any atom is -0.356 e. The van der Waals surface area contributed by atoms with Gasteiger partial charge in [0, 0.05) is 27.2 Å². The third-order valence-corrected chi connectivity index (χ3v) is 5.22. The molecule has 5 nitrogen and oxygen atoms in total. The van der Waals surface area contributed by atoms with E-state index in [2.05, 4.69) is 46.8 Å². The van der Waals surface area contributed by atoms with Crippen LogP contribution in [-0.2, 0) is 11.2 Å². The number of guanidine groups is 1. The molecule has 1 saturated carbocycles. The Morgan fingerprint density at radius 3 is 2.48 bits per heavy atom. The summed E-state index contributed by atoms with van der Waals surface area (Å²) in [5, 5.41) is 6.84. The largest absolute Gasteiger partial charge is 0.356 e. The van der Waals surface area contributed by atoms with E-state index in [1.54, 1.807) is 19.0 Å². The van der Waals surface area contributed by atoms with E-state index in [4.69, 9.17) is 0 Å². The zero-order valence-electron chi connectivity index (χ0n) is 15.8. The molecule has 0 atom stereocenters. The second kappa shape index (κ2) is 9.44. The molecule has 2 N–H and O–H groups in total. The van der Waals surface area contributed by atoms with Gasteiger partial charge in [-0.05, 0) is 36.7 Å². The normalized spacial score (nSPS) is 16.0. The molecule has 1 amide bonds. The molecular weight excluding hydrogens is 312 g/mol. The quantitative estimate of drug-likeness (QED) is 0.562. The van der Waals surface area contributed by atoms with E-state index in [-0.39, 0.29) is 12.5 Å². The van der Waals surface area contributed by atoms with Gasteiger partial charge in [-0.2, -0.15) is 0 Å². The van der Waals surface area contributed by atoms with Gasteiger partial charge in [-0.3, -0.25) is 4.79 Å². The zero-order chi connectivity index (χ0) is 18.1. The molecule has 0 radical (unpaired) electrons. The van der Waals surface area contributed by atoms with Crippen molar-refractivity contribution in [2.75, 3.05) is 33.7 Å². The average Bonchev–Trinajstić information content (AvgIpc) is 2.58. The lowest BCUT2D eigenvalue weighted by atomic mass is 9.67. The van der Waals surface area contributed by atoms with Crippen LogP contribution in [0.3, 0.4) is 0 Å². The summed E-state index contributed by atoms with van der Waals surface area (Å²) in [4.78, 5) is 17.9. The molecule has 2 rings (SSSR count). The molecule has 0 aromatic heterocycles. The Morgan fingerprint density at radius 2 is 1.92 bits per heavy atom. The molecule has 0 spiro atoms. The van der Waals surface area contributed by atoms with Gasteiger partial charge in [0.2, 0.25) is 5.91 Å². The first-order valence-electron chi connectivity index (χ1n) is 9.31. The van der Waals surface area contributed by atoms with Crippen LogP contribution < -0.4 is 10.6 Å². The van der Waals surface area contributed by atoms with Crippen LogP contribution in [0.5, 0.6) is 0 Å². The van der Waals surface area contributed by atoms with Gasteiger partial charge in [-0.25, -0.2) is 4.99 Å². The molecule has 0 unspecified atom stereocenters. The highest BCUT2D eigenvalue weighted by atomic mass is 16.2. The highest BCUT2D eigenvalue weighted by Crippen LogP contribution is 2.42. The number of hydrogen-bond donors (Lipinski definition) is 2. The third kappa shape index (κ3) is 6.07. The second-order valence-electron chi connectivity index (χ2n) is 7.18. The number of hydrogen-bond acceptors (Lipinski definition) is 2. The van der Waals surface area contributed by atoms with Crippen LogP contribution >= 0.6 is 0 Å². The highest BCUT2D eigenvalue weighted by molar-refractivity contribution is 5.84. The smallest absolute Gasteiger partial charge is 0.243 e. The van der Waals surface area contributed by atoms with Gasteiger partial charge < -0.3 is 15.5 Å². The molecule has 0 heterocycles. The molecule has 138 valence electrons. The molecule has 0 saturated heterocycles. The lowest BCUT2D eigenvalue weighted by Gasteiger charge is -2.41. The van der Waals surface area contributed by atoms with Crippen LogP contribution in [0.25, 0.3) is 0 Å². The Labute approximate surface area is 151 Å². The van der Waals surface area contributed by atoms with E-state index < -0.39 is 0 Å². The van der Waals surface area contributed by atoms with E-state index in [1.807, 2.05) is 6.07 Å². The zero-order valence-corrected chi connectivity index (χ0v) is 15.8. The Kier molecular flexibility index (Phi) is 7.29. The molecule has 25 heavy (non-hydrogen) atoms. The Bertz CT molecular complexity index is 559. The SMILES string of the molecule is CCC1(CNC(=NCC(=O)N(C)C)NCCc2ccccc2)CCC1. The summed E-state index contributed by atoms with van der Waals surface area (Å²) in [6, 6.07) is 10.4. The average molecular weight is 345 g/mol. The van der Waals surface area contributed by atoms with Gasteiger partial charge in [0.05, 0.1) is 0 Å². The molecule has 1 aliphatic rings. The lowest BCUT2D eigenvalue weighted by Crippen LogP contribution is -2.47. The number of benzene rings is 1. The molecule has 1 fully saturated rings. The maximum atomic E-state index is 11.8. The van der Waals surface area contributed by atoms with Crippen molar-refractivity contribution >= 4 is 11.9 Å². The summed E-state index contributed by atoms with van der Waals surface area (Å²) in [5.74, 6) is 0.754. The summed E-state index contributed by atoms with van der Waals surface area (Å²) < 4.78 is 0. The van der Waals surface area contributed by atoms with Gasteiger partial charge in [-0.15, -0.1) is 0 Å². The van der Waals surface area contributed by atoms with Crippen molar-refractivity contribution in [2.45, 2.75) is 39.0 Å². The van der Waals surface area contributed by atoms with E-state index in [0.717, 1.165) is 25.5 Å². The van der Waals surface area contributed by atoms with Crippen LogP contribution in [0.4, 0.5) is 0 Å². The number of carbonyl (C=O) groups excluding carboxylic acids is 1. The Balaban J connectivity index is 1.88. The fourth-order valence-corrected chi connectivity index (χ4v) is 3.04. The fraction of sp³-hybridized carbons (Fsp3) is 0.600. The van der Waals surface area contributed by atoms with Crippen LogP contribution in [0.2, 0.25) is 0 Å². The molecule has 1 aliphatic carbocycles. The summed E-state index contributed by atoms with van der Waals surface area (Å²) in [7, 11) is 3.52. The number of nitrogens with one attached hydrogen (secondary N) is 2. The predicted octanol–water partition coefficient (Wildman–Crippen LogP) is 2.43. The van der Waals surface area contributed by atoms with Gasteiger partial charge >= 0.3 is 0 Å². The van der Waals surface area contributed by atoms with Crippen molar-refractivity contribution in [1.29, 1.82) is 0 Å². The molecule has 0 aliphatic heterocycles. The van der Waals surface area contributed by atoms with Crippen LogP contribution in [-0.4, -0.2) is 50.5 Å². The fourth-order valence-electron chi connectivity index (χ4n) is 3.04. The van der Waals surface area contributed by atoms with E-state index in [0.29, 0.717) is 5.41 Å². The molecule has 1 aromatic rings. The van der Waals surface area contributed by atoms with E-state index >= 15 is 0 Å². The minimum atomic E-state index is 0.0120. The number of rotatable bonds is 8. The maximum Gasteiger partial charge on any atom is 0.243 e. The Morgan fingerprint density at radius 1 is 1.20 bits per heavy atom. The number of carbonyl (C=O) groups is 1. The van der Waals surface area contributed by atoms with Crippen molar-refractivity contribution in [2.24, 2.45) is 10.4 Å². The topological polar surface area (TPSA) is 56.7 Å². The van der Waals surface area contributed by atoms with Crippen molar-refractivity contribution < 1.29 is 4.79 Å². The summed E-state index contributed by atoms with van der Waals surface area (Å²) in [5.41, 5.74) is 1.70. The molecule has 5 heteroatoms. The van der Waals surface area contributed by atoms with E-state index in [1.165, 1.54) is 31.2 Å². The van der Waals surface area contributed by atoms with Crippen LogP contribution in [0.1, 0.15) is 38.2 Å². The molecule has 0 bridgehead atoms.